The molecule has 0 bridgehead atoms. The van der Waals surface area contributed by atoms with Crippen LogP contribution in [0.1, 0.15) is 27.9 Å². The van der Waals surface area contributed by atoms with E-state index in [0.717, 1.165) is 39.2 Å². The molecule has 3 N–H and O–H groups in total. The van der Waals surface area contributed by atoms with Gasteiger partial charge in [-0.2, -0.15) is 4.98 Å². The summed E-state index contributed by atoms with van der Waals surface area (Å²) in [6, 6.07) is 8.15. The first-order valence-electron chi connectivity index (χ1n) is 9.98. The first-order valence-corrected chi connectivity index (χ1v) is 10.4. The molecule has 0 atom stereocenters. The molecule has 1 aromatic carbocycles. The fraction of sp³-hybridized carbons (Fsp3) is 0.261. The van der Waals surface area contributed by atoms with Crippen molar-refractivity contribution in [3.63, 3.8) is 0 Å². The van der Waals surface area contributed by atoms with Crippen molar-refractivity contribution in [2.24, 2.45) is 0 Å². The fourth-order valence-electron chi connectivity index (χ4n) is 3.84. The zero-order valence-corrected chi connectivity index (χ0v) is 18.8. The van der Waals surface area contributed by atoms with E-state index in [1.54, 1.807) is 7.11 Å². The van der Waals surface area contributed by atoms with E-state index in [4.69, 9.17) is 22.1 Å². The predicted octanol–water partition coefficient (Wildman–Crippen LogP) is 4.66. The van der Waals surface area contributed by atoms with Crippen LogP contribution < -0.4 is 15.8 Å². The van der Waals surface area contributed by atoms with Crippen LogP contribution in [0.5, 0.6) is 5.75 Å². The molecule has 0 unspecified atom stereocenters. The molecule has 8 heteroatoms. The van der Waals surface area contributed by atoms with E-state index in [1.165, 1.54) is 5.56 Å². The molecule has 0 aliphatic heterocycles. The van der Waals surface area contributed by atoms with Crippen molar-refractivity contribution in [2.45, 2.75) is 33.9 Å². The molecule has 0 spiro atoms. The summed E-state index contributed by atoms with van der Waals surface area (Å²) in [7, 11) is 1.67. The Morgan fingerprint density at radius 3 is 2.65 bits per heavy atom. The Kier molecular flexibility index (Phi) is 5.69. The quantitative estimate of drug-likeness (QED) is 0.427. The Morgan fingerprint density at radius 2 is 1.90 bits per heavy atom. The average molecular weight is 437 g/mol. The van der Waals surface area contributed by atoms with Crippen molar-refractivity contribution < 1.29 is 4.74 Å². The zero-order chi connectivity index (χ0) is 22.1. The molecule has 0 saturated carbocycles. The normalized spacial score (nSPS) is 11.1. The number of nitrogens with one attached hydrogen (secondary N) is 1. The van der Waals surface area contributed by atoms with Gasteiger partial charge in [0.1, 0.15) is 16.5 Å². The van der Waals surface area contributed by atoms with Crippen molar-refractivity contribution >= 4 is 34.3 Å². The number of ether oxygens (including phenoxy) is 1. The SMILES string of the molecule is COc1c(C)cnc(Cn2cc(CNc3ccccc3C)c3c(Cl)nc(N)nc32)c1C. The number of hydrogen-bond acceptors (Lipinski definition) is 6. The van der Waals surface area contributed by atoms with Gasteiger partial charge in [-0.15, -0.1) is 0 Å². The minimum atomic E-state index is 0.140. The fourth-order valence-corrected chi connectivity index (χ4v) is 4.14. The van der Waals surface area contributed by atoms with Gasteiger partial charge in [-0.25, -0.2) is 4.98 Å². The number of rotatable bonds is 6. The molecule has 0 saturated heterocycles. The number of pyridine rings is 1. The number of methoxy groups -OCH3 is 1. The topological polar surface area (TPSA) is 90.9 Å². The molecule has 4 rings (SSSR count). The summed E-state index contributed by atoms with van der Waals surface area (Å²) in [5.74, 6) is 0.983. The van der Waals surface area contributed by atoms with Crippen LogP contribution in [0, 0.1) is 20.8 Å². The van der Waals surface area contributed by atoms with Crippen LogP contribution in [0.4, 0.5) is 11.6 Å². The molecule has 160 valence electrons. The smallest absolute Gasteiger partial charge is 0.223 e. The van der Waals surface area contributed by atoms with Crippen LogP contribution in [0.25, 0.3) is 11.0 Å². The maximum absolute atomic E-state index is 6.49. The van der Waals surface area contributed by atoms with Gasteiger partial charge in [0.2, 0.25) is 5.95 Å². The highest BCUT2D eigenvalue weighted by atomic mass is 35.5. The molecule has 0 aliphatic carbocycles. The summed E-state index contributed by atoms with van der Waals surface area (Å²) in [5.41, 5.74) is 12.7. The lowest BCUT2D eigenvalue weighted by Crippen LogP contribution is -2.07. The maximum Gasteiger partial charge on any atom is 0.223 e. The van der Waals surface area contributed by atoms with Gasteiger partial charge in [-0.1, -0.05) is 29.8 Å². The molecular weight excluding hydrogens is 412 g/mol. The minimum absolute atomic E-state index is 0.140. The van der Waals surface area contributed by atoms with E-state index in [-0.39, 0.29) is 5.95 Å². The standard InChI is InChI=1S/C23H25ClN6O/c1-13-7-5-6-8-17(13)27-10-16-11-30(22-19(16)21(24)28-23(25)29-22)12-18-15(3)20(31-4)14(2)9-26-18/h5-9,11,27H,10,12H2,1-4H3,(H2,25,28,29). The number of nitrogens with two attached hydrogens (primary N) is 1. The molecule has 0 amide bonds. The minimum Gasteiger partial charge on any atom is -0.496 e. The second-order valence-corrected chi connectivity index (χ2v) is 7.93. The molecule has 3 heterocycles. The van der Waals surface area contributed by atoms with Gasteiger partial charge in [0.15, 0.2) is 0 Å². The highest BCUT2D eigenvalue weighted by Crippen LogP contribution is 2.30. The van der Waals surface area contributed by atoms with E-state index >= 15 is 0 Å². The molecule has 31 heavy (non-hydrogen) atoms. The third-order valence-electron chi connectivity index (χ3n) is 5.45. The van der Waals surface area contributed by atoms with E-state index < -0.39 is 0 Å². The van der Waals surface area contributed by atoms with E-state index in [1.807, 2.05) is 42.9 Å². The first kappa shape index (κ1) is 20.9. The number of benzene rings is 1. The molecule has 0 radical (unpaired) electrons. The predicted molar refractivity (Wildman–Crippen MR) is 125 cm³/mol. The number of nitrogen functional groups attached to an aromatic ring is 1. The third kappa shape index (κ3) is 4.01. The Balaban J connectivity index is 1.75. The van der Waals surface area contributed by atoms with E-state index in [0.29, 0.717) is 23.9 Å². The lowest BCUT2D eigenvalue weighted by molar-refractivity contribution is 0.406. The van der Waals surface area contributed by atoms with Gasteiger partial charge in [0, 0.05) is 41.3 Å². The highest BCUT2D eigenvalue weighted by molar-refractivity contribution is 6.34. The van der Waals surface area contributed by atoms with Gasteiger partial charge in [0.25, 0.3) is 0 Å². The highest BCUT2D eigenvalue weighted by Gasteiger charge is 2.18. The number of fused-ring (bicyclic) bond motifs is 1. The molecule has 0 aliphatic rings. The number of halogens is 1. The van der Waals surface area contributed by atoms with Crippen LogP contribution >= 0.6 is 11.6 Å². The number of hydrogen-bond donors (Lipinski definition) is 2. The largest absolute Gasteiger partial charge is 0.496 e. The lowest BCUT2D eigenvalue weighted by atomic mass is 10.1. The zero-order valence-electron chi connectivity index (χ0n) is 18.0. The average Bonchev–Trinajstić information content (AvgIpc) is 3.07. The number of nitrogens with zero attached hydrogens (tertiary/aromatic N) is 4. The number of anilines is 2. The molecule has 0 fully saturated rings. The van der Waals surface area contributed by atoms with Crippen LogP contribution in [-0.2, 0) is 13.1 Å². The van der Waals surface area contributed by atoms with Gasteiger partial charge < -0.3 is 20.4 Å². The van der Waals surface area contributed by atoms with Crippen LogP contribution in [0.15, 0.2) is 36.7 Å². The van der Waals surface area contributed by atoms with Gasteiger partial charge in [-0.3, -0.25) is 4.98 Å². The lowest BCUT2D eigenvalue weighted by Gasteiger charge is -2.13. The van der Waals surface area contributed by atoms with Crippen LogP contribution in [0.2, 0.25) is 5.15 Å². The van der Waals surface area contributed by atoms with Gasteiger partial charge >= 0.3 is 0 Å². The van der Waals surface area contributed by atoms with Crippen molar-refractivity contribution in [1.82, 2.24) is 19.5 Å². The second-order valence-electron chi connectivity index (χ2n) is 7.57. The Labute approximate surface area is 186 Å². The number of aryl methyl sites for hydroxylation is 2. The van der Waals surface area contributed by atoms with E-state index in [9.17, 15) is 0 Å². The summed E-state index contributed by atoms with van der Waals surface area (Å²) in [6.07, 6.45) is 3.85. The van der Waals surface area contributed by atoms with Crippen molar-refractivity contribution in [3.05, 3.63) is 69.8 Å². The molecule has 3 aromatic heterocycles. The Morgan fingerprint density at radius 1 is 1.13 bits per heavy atom. The van der Waals surface area contributed by atoms with Gasteiger partial charge in [-0.05, 0) is 32.4 Å². The van der Waals surface area contributed by atoms with Crippen molar-refractivity contribution in [2.75, 3.05) is 18.2 Å². The third-order valence-corrected chi connectivity index (χ3v) is 5.73. The summed E-state index contributed by atoms with van der Waals surface area (Å²) in [5, 5.41) is 4.61. The van der Waals surface area contributed by atoms with Crippen molar-refractivity contribution in [3.8, 4) is 5.75 Å². The summed E-state index contributed by atoms with van der Waals surface area (Å²) in [4.78, 5) is 13.3. The molecular formula is C23H25ClN6O. The van der Waals surface area contributed by atoms with Crippen LogP contribution in [0.3, 0.4) is 0 Å². The van der Waals surface area contributed by atoms with Gasteiger partial charge in [0.05, 0.1) is 24.7 Å². The number of aromatic nitrogens is 4. The Bertz CT molecular complexity index is 1270. The molecule has 4 aromatic rings. The summed E-state index contributed by atoms with van der Waals surface area (Å²) < 4.78 is 7.57. The van der Waals surface area contributed by atoms with Crippen LogP contribution in [-0.4, -0.2) is 26.6 Å². The molecule has 7 nitrogen and oxygen atoms in total. The monoisotopic (exact) mass is 436 g/mol. The summed E-state index contributed by atoms with van der Waals surface area (Å²) in [6.45, 7) is 7.15. The van der Waals surface area contributed by atoms with Crippen molar-refractivity contribution in [1.29, 1.82) is 0 Å². The van der Waals surface area contributed by atoms with E-state index in [2.05, 4.69) is 39.3 Å². The summed E-state index contributed by atoms with van der Waals surface area (Å²) >= 11 is 6.49. The second kappa shape index (κ2) is 8.43. The number of para-hydroxylation sites is 1. The Hall–Kier alpha value is -3.32. The maximum atomic E-state index is 6.49. The first-order chi connectivity index (χ1) is 14.9.